The maximum Gasteiger partial charge on any atom is 0.125 e. The van der Waals surface area contributed by atoms with E-state index < -0.39 is 6.10 Å². The molecule has 5 heteroatoms. The molecule has 1 unspecified atom stereocenters. The third-order valence-electron chi connectivity index (χ3n) is 1.94. The van der Waals surface area contributed by atoms with Gasteiger partial charge in [0.15, 0.2) is 0 Å². The van der Waals surface area contributed by atoms with Crippen LogP contribution in [-0.4, -0.2) is 20.1 Å². The molecule has 0 bridgehead atoms. The first-order valence-corrected chi connectivity index (χ1v) is 5.11. The molecule has 76 valence electrons. The van der Waals surface area contributed by atoms with Crippen LogP contribution < -0.4 is 0 Å². The second-order valence-electron chi connectivity index (χ2n) is 2.94. The second kappa shape index (κ2) is 4.46. The van der Waals surface area contributed by atoms with E-state index in [-0.39, 0.29) is 0 Å². The number of pyridine rings is 1. The average molecular weight is 266 g/mol. The number of halogens is 1. The summed E-state index contributed by atoms with van der Waals surface area (Å²) < 4.78 is 0.765. The van der Waals surface area contributed by atoms with Gasteiger partial charge in [0.25, 0.3) is 0 Å². The Balaban J connectivity index is 2.37. The molecule has 1 N–H and O–H groups in total. The van der Waals surface area contributed by atoms with Crippen LogP contribution >= 0.6 is 15.9 Å². The van der Waals surface area contributed by atoms with Crippen molar-refractivity contribution in [1.82, 2.24) is 15.0 Å². The van der Waals surface area contributed by atoms with Gasteiger partial charge in [-0.1, -0.05) is 0 Å². The quantitative estimate of drug-likeness (QED) is 0.899. The van der Waals surface area contributed by atoms with Crippen LogP contribution in [0.25, 0.3) is 0 Å². The molecule has 0 aliphatic heterocycles. The first-order valence-electron chi connectivity index (χ1n) is 4.32. The van der Waals surface area contributed by atoms with E-state index in [1.54, 1.807) is 24.7 Å². The van der Waals surface area contributed by atoms with E-state index in [4.69, 9.17) is 0 Å². The average Bonchev–Trinajstić information content (AvgIpc) is 2.30. The van der Waals surface area contributed by atoms with Crippen LogP contribution in [0.2, 0.25) is 0 Å². The number of rotatable bonds is 2. The molecule has 2 heterocycles. The van der Waals surface area contributed by atoms with Crippen LogP contribution in [0.3, 0.4) is 0 Å². The predicted molar refractivity (Wildman–Crippen MR) is 58.0 cm³/mol. The summed E-state index contributed by atoms with van der Waals surface area (Å²) in [5.74, 6) is 0. The molecule has 0 aliphatic carbocycles. The zero-order valence-corrected chi connectivity index (χ0v) is 9.29. The molecule has 0 saturated heterocycles. The Morgan fingerprint density at radius 1 is 1.27 bits per heavy atom. The minimum atomic E-state index is -0.804. The van der Waals surface area contributed by atoms with Crippen molar-refractivity contribution < 1.29 is 5.11 Å². The minimum Gasteiger partial charge on any atom is -0.382 e. The third kappa shape index (κ3) is 2.19. The van der Waals surface area contributed by atoms with Gasteiger partial charge in [0.1, 0.15) is 12.4 Å². The molecule has 2 aromatic rings. The van der Waals surface area contributed by atoms with Crippen LogP contribution in [0.5, 0.6) is 0 Å². The molecule has 2 rings (SSSR count). The molecule has 0 fully saturated rings. The number of aromatic nitrogens is 3. The number of nitrogens with zero attached hydrogens (tertiary/aromatic N) is 3. The standard InChI is InChI=1S/C10H8BrN3O/c11-8-2-1-3-14-9(8)10(15)7-4-12-6-13-5-7/h1-6,10,15H. The molecule has 0 aromatic carbocycles. The minimum absolute atomic E-state index is 0.562. The highest BCUT2D eigenvalue weighted by Crippen LogP contribution is 2.25. The lowest BCUT2D eigenvalue weighted by Gasteiger charge is -2.10. The van der Waals surface area contributed by atoms with E-state index in [1.165, 1.54) is 6.33 Å². The fourth-order valence-electron chi connectivity index (χ4n) is 1.21. The molecular weight excluding hydrogens is 258 g/mol. The molecule has 0 radical (unpaired) electrons. The Kier molecular flexibility index (Phi) is 3.03. The first kappa shape index (κ1) is 10.2. The number of hydrogen-bond donors (Lipinski definition) is 1. The third-order valence-corrected chi connectivity index (χ3v) is 2.61. The van der Waals surface area contributed by atoms with E-state index in [1.807, 2.05) is 6.07 Å². The second-order valence-corrected chi connectivity index (χ2v) is 3.80. The number of aliphatic hydroxyl groups excluding tert-OH is 1. The maximum atomic E-state index is 10.0. The summed E-state index contributed by atoms with van der Waals surface area (Å²) >= 11 is 3.33. The Bertz CT molecular complexity index is 449. The number of aliphatic hydroxyl groups is 1. The van der Waals surface area contributed by atoms with Crippen molar-refractivity contribution in [3.63, 3.8) is 0 Å². The van der Waals surface area contributed by atoms with E-state index in [2.05, 4.69) is 30.9 Å². The molecule has 0 amide bonds. The fourth-order valence-corrected chi connectivity index (χ4v) is 1.68. The smallest absolute Gasteiger partial charge is 0.125 e. The summed E-state index contributed by atoms with van der Waals surface area (Å²) in [5.41, 5.74) is 1.18. The summed E-state index contributed by atoms with van der Waals surface area (Å²) in [4.78, 5) is 11.8. The fraction of sp³-hybridized carbons (Fsp3) is 0.100. The number of hydrogen-bond acceptors (Lipinski definition) is 4. The van der Waals surface area contributed by atoms with Gasteiger partial charge in [0.2, 0.25) is 0 Å². The Hall–Kier alpha value is -1.33. The molecule has 1 atom stereocenters. The van der Waals surface area contributed by atoms with Gasteiger partial charge < -0.3 is 5.11 Å². The lowest BCUT2D eigenvalue weighted by atomic mass is 10.1. The zero-order valence-electron chi connectivity index (χ0n) is 7.71. The van der Waals surface area contributed by atoms with Gasteiger partial charge in [-0.25, -0.2) is 9.97 Å². The van der Waals surface area contributed by atoms with Crippen molar-refractivity contribution >= 4 is 15.9 Å². The van der Waals surface area contributed by atoms with Gasteiger partial charge >= 0.3 is 0 Å². The van der Waals surface area contributed by atoms with Crippen LogP contribution in [0.15, 0.2) is 41.5 Å². The SMILES string of the molecule is OC(c1cncnc1)c1ncccc1Br. The van der Waals surface area contributed by atoms with Crippen molar-refractivity contribution in [3.05, 3.63) is 52.8 Å². The highest BCUT2D eigenvalue weighted by atomic mass is 79.9. The van der Waals surface area contributed by atoms with Gasteiger partial charge in [0.05, 0.1) is 5.69 Å². The molecule has 2 aromatic heterocycles. The summed E-state index contributed by atoms with van der Waals surface area (Å²) in [7, 11) is 0. The lowest BCUT2D eigenvalue weighted by molar-refractivity contribution is 0.213. The predicted octanol–water partition coefficient (Wildman–Crippen LogP) is 1.72. The van der Waals surface area contributed by atoms with Crippen LogP contribution in [-0.2, 0) is 0 Å². The van der Waals surface area contributed by atoms with Gasteiger partial charge in [0, 0.05) is 28.6 Å². The van der Waals surface area contributed by atoms with Gasteiger partial charge in [-0.05, 0) is 28.1 Å². The van der Waals surface area contributed by atoms with Crippen molar-refractivity contribution in [3.8, 4) is 0 Å². The Labute approximate surface area is 95.2 Å². The topological polar surface area (TPSA) is 58.9 Å². The van der Waals surface area contributed by atoms with E-state index in [0.717, 1.165) is 4.47 Å². The zero-order chi connectivity index (χ0) is 10.7. The van der Waals surface area contributed by atoms with Crippen molar-refractivity contribution in [2.45, 2.75) is 6.10 Å². The highest BCUT2D eigenvalue weighted by Gasteiger charge is 2.14. The van der Waals surface area contributed by atoms with Crippen molar-refractivity contribution in [2.24, 2.45) is 0 Å². The molecule has 15 heavy (non-hydrogen) atoms. The van der Waals surface area contributed by atoms with E-state index in [9.17, 15) is 5.11 Å². The molecule has 0 aliphatic rings. The van der Waals surface area contributed by atoms with Gasteiger partial charge in [-0.2, -0.15) is 0 Å². The summed E-state index contributed by atoms with van der Waals surface area (Å²) in [6, 6.07) is 3.62. The molecule has 0 spiro atoms. The maximum absolute atomic E-state index is 10.0. The van der Waals surface area contributed by atoms with Crippen LogP contribution in [0.1, 0.15) is 17.4 Å². The first-order chi connectivity index (χ1) is 7.29. The molecular formula is C10H8BrN3O. The van der Waals surface area contributed by atoms with Crippen LogP contribution in [0, 0.1) is 0 Å². The molecule has 0 saturated carbocycles. The Morgan fingerprint density at radius 2 is 2.00 bits per heavy atom. The summed E-state index contributed by atoms with van der Waals surface area (Å²) in [5, 5.41) is 10.0. The normalized spacial score (nSPS) is 12.4. The van der Waals surface area contributed by atoms with Crippen molar-refractivity contribution in [2.75, 3.05) is 0 Å². The van der Waals surface area contributed by atoms with E-state index in [0.29, 0.717) is 11.3 Å². The summed E-state index contributed by atoms with van der Waals surface area (Å²) in [6.45, 7) is 0. The summed E-state index contributed by atoms with van der Waals surface area (Å²) in [6.07, 6.45) is 5.38. The Morgan fingerprint density at radius 3 is 2.67 bits per heavy atom. The van der Waals surface area contributed by atoms with Gasteiger partial charge in [-0.3, -0.25) is 4.98 Å². The van der Waals surface area contributed by atoms with Crippen LogP contribution in [0.4, 0.5) is 0 Å². The van der Waals surface area contributed by atoms with Gasteiger partial charge in [-0.15, -0.1) is 0 Å². The largest absolute Gasteiger partial charge is 0.382 e. The highest BCUT2D eigenvalue weighted by molar-refractivity contribution is 9.10. The molecule has 4 nitrogen and oxygen atoms in total. The van der Waals surface area contributed by atoms with E-state index >= 15 is 0 Å². The monoisotopic (exact) mass is 265 g/mol. The lowest BCUT2D eigenvalue weighted by Crippen LogP contribution is -2.03. The van der Waals surface area contributed by atoms with Crippen molar-refractivity contribution in [1.29, 1.82) is 0 Å².